The molecular formula is C22H21BrClN5O2S. The zero-order valence-electron chi connectivity index (χ0n) is 17.2. The molecule has 2 heterocycles. The zero-order chi connectivity index (χ0) is 22.7. The number of benzene rings is 2. The van der Waals surface area contributed by atoms with Gasteiger partial charge in [-0.05, 0) is 40.5 Å². The highest BCUT2D eigenvalue weighted by Gasteiger charge is 2.20. The van der Waals surface area contributed by atoms with E-state index in [0.29, 0.717) is 30.2 Å². The number of nitrogens with zero attached hydrogens (tertiary/aromatic N) is 4. The van der Waals surface area contributed by atoms with Crippen LogP contribution in [0.1, 0.15) is 6.42 Å². The quantitative estimate of drug-likeness (QED) is 0.324. The molecule has 0 unspecified atom stereocenters. The van der Waals surface area contributed by atoms with Gasteiger partial charge in [-0.1, -0.05) is 48.0 Å². The molecular weight excluding hydrogens is 514 g/mol. The van der Waals surface area contributed by atoms with Crippen LogP contribution in [0, 0.1) is 0 Å². The lowest BCUT2D eigenvalue weighted by molar-refractivity contribution is 0.465. The molecule has 0 aliphatic heterocycles. The molecule has 0 saturated heterocycles. The van der Waals surface area contributed by atoms with Crippen LogP contribution in [0.5, 0.6) is 0 Å². The van der Waals surface area contributed by atoms with Crippen molar-refractivity contribution in [1.29, 1.82) is 0 Å². The Morgan fingerprint density at radius 1 is 1.12 bits per heavy atom. The van der Waals surface area contributed by atoms with Gasteiger partial charge in [-0.3, -0.25) is 0 Å². The predicted molar refractivity (Wildman–Crippen MR) is 130 cm³/mol. The van der Waals surface area contributed by atoms with E-state index in [4.69, 9.17) is 16.6 Å². The first-order valence-corrected chi connectivity index (χ1v) is 12.5. The molecule has 7 nitrogen and oxygen atoms in total. The molecule has 0 spiro atoms. The van der Waals surface area contributed by atoms with Crippen molar-refractivity contribution >= 4 is 49.0 Å². The molecule has 2 aromatic carbocycles. The largest absolute Gasteiger partial charge is 0.370 e. The van der Waals surface area contributed by atoms with Crippen LogP contribution in [0.25, 0.3) is 16.9 Å². The Morgan fingerprint density at radius 3 is 2.59 bits per heavy atom. The van der Waals surface area contributed by atoms with E-state index in [1.54, 1.807) is 48.1 Å². The Morgan fingerprint density at radius 2 is 1.84 bits per heavy atom. The van der Waals surface area contributed by atoms with Crippen LogP contribution in [0.4, 0.5) is 5.82 Å². The number of aromatic nitrogens is 3. The smallest absolute Gasteiger partial charge is 0.242 e. The first kappa shape index (κ1) is 22.7. The summed E-state index contributed by atoms with van der Waals surface area (Å²) in [5.74, 6) is 0.740. The van der Waals surface area contributed by atoms with E-state index >= 15 is 0 Å². The van der Waals surface area contributed by atoms with Gasteiger partial charge in [0.1, 0.15) is 5.82 Å². The van der Waals surface area contributed by atoms with Gasteiger partial charge in [0.2, 0.25) is 10.0 Å². The van der Waals surface area contributed by atoms with E-state index in [1.165, 1.54) is 4.31 Å². The van der Waals surface area contributed by atoms with Crippen molar-refractivity contribution in [3.05, 3.63) is 76.4 Å². The van der Waals surface area contributed by atoms with Gasteiger partial charge < -0.3 is 5.32 Å². The lowest BCUT2D eigenvalue weighted by Crippen LogP contribution is -2.29. The molecule has 32 heavy (non-hydrogen) atoms. The lowest BCUT2D eigenvalue weighted by Gasteiger charge is -2.17. The summed E-state index contributed by atoms with van der Waals surface area (Å²) in [5, 5.41) is 8.34. The summed E-state index contributed by atoms with van der Waals surface area (Å²) in [4.78, 5) is 4.98. The van der Waals surface area contributed by atoms with E-state index in [9.17, 15) is 8.42 Å². The van der Waals surface area contributed by atoms with Crippen LogP contribution in [0.3, 0.4) is 0 Å². The van der Waals surface area contributed by atoms with E-state index in [-0.39, 0.29) is 4.90 Å². The molecule has 0 bridgehead atoms. The number of fused-ring (bicyclic) bond motifs is 1. The normalized spacial score (nSPS) is 11.9. The summed E-state index contributed by atoms with van der Waals surface area (Å²) in [6.07, 6.45) is 2.29. The van der Waals surface area contributed by atoms with Crippen LogP contribution in [-0.2, 0) is 10.0 Å². The minimum Gasteiger partial charge on any atom is -0.370 e. The van der Waals surface area contributed by atoms with Gasteiger partial charge in [0.15, 0.2) is 5.65 Å². The van der Waals surface area contributed by atoms with Gasteiger partial charge in [0, 0.05) is 36.8 Å². The Labute approximate surface area is 200 Å². The maximum atomic E-state index is 12.7. The third kappa shape index (κ3) is 4.66. The van der Waals surface area contributed by atoms with E-state index in [1.807, 2.05) is 30.3 Å². The van der Waals surface area contributed by atoms with Crippen molar-refractivity contribution in [3.8, 4) is 11.3 Å². The number of nitrogens with one attached hydrogen (secondary N) is 1. The molecule has 0 amide bonds. The second-order valence-electron chi connectivity index (χ2n) is 7.15. The molecule has 4 aromatic rings. The Bertz CT molecular complexity index is 1350. The fourth-order valence-corrected chi connectivity index (χ4v) is 5.09. The summed E-state index contributed by atoms with van der Waals surface area (Å²) in [6.45, 7) is 0.922. The third-order valence-electron chi connectivity index (χ3n) is 4.99. The molecule has 0 fully saturated rings. The van der Waals surface area contributed by atoms with Gasteiger partial charge in [0.05, 0.1) is 21.3 Å². The summed E-state index contributed by atoms with van der Waals surface area (Å²) >= 11 is 9.87. The SMILES string of the molecule is CN(CCCNc1cc(-c2ccccc2Cl)nc2c(Br)cnn12)S(=O)(=O)c1ccccc1. The number of sulfonamides is 1. The van der Waals surface area contributed by atoms with Crippen LogP contribution in [0.2, 0.25) is 5.02 Å². The fraction of sp³-hybridized carbons (Fsp3) is 0.182. The average Bonchev–Trinajstić information content (AvgIpc) is 3.18. The Kier molecular flexibility index (Phi) is 6.80. The third-order valence-corrected chi connectivity index (χ3v) is 7.75. The van der Waals surface area contributed by atoms with Crippen molar-refractivity contribution < 1.29 is 8.42 Å². The predicted octanol–water partition coefficient (Wildman–Crippen LogP) is 4.93. The van der Waals surface area contributed by atoms with Crippen molar-refractivity contribution in [1.82, 2.24) is 18.9 Å². The summed E-state index contributed by atoms with van der Waals surface area (Å²) in [6, 6.07) is 17.8. The summed E-state index contributed by atoms with van der Waals surface area (Å²) in [7, 11) is -1.92. The highest BCUT2D eigenvalue weighted by atomic mass is 79.9. The number of rotatable bonds is 8. The highest BCUT2D eigenvalue weighted by Crippen LogP contribution is 2.30. The standard InChI is InChI=1S/C22H21BrClN5O2S/c1-28(32(30,31)16-8-3-2-4-9-16)13-7-12-25-21-14-20(17-10-5-6-11-19(17)24)27-22-18(23)15-26-29(21)22/h2-6,8-11,14-15,25H,7,12-13H2,1H3. The highest BCUT2D eigenvalue weighted by molar-refractivity contribution is 9.10. The van der Waals surface area contributed by atoms with E-state index in [2.05, 4.69) is 26.3 Å². The molecule has 4 rings (SSSR count). The maximum Gasteiger partial charge on any atom is 0.242 e. The van der Waals surface area contributed by atoms with Gasteiger partial charge in [0.25, 0.3) is 0 Å². The summed E-state index contributed by atoms with van der Waals surface area (Å²) < 4.78 is 29.2. The Balaban J connectivity index is 1.49. The average molecular weight is 535 g/mol. The fourth-order valence-electron chi connectivity index (χ4n) is 3.28. The van der Waals surface area contributed by atoms with Crippen molar-refractivity contribution in [2.45, 2.75) is 11.3 Å². The minimum atomic E-state index is -3.51. The number of halogens is 2. The summed E-state index contributed by atoms with van der Waals surface area (Å²) in [5.41, 5.74) is 2.20. The molecule has 166 valence electrons. The molecule has 0 radical (unpaired) electrons. The van der Waals surface area contributed by atoms with Gasteiger partial charge in [-0.2, -0.15) is 9.61 Å². The minimum absolute atomic E-state index is 0.289. The first-order valence-electron chi connectivity index (χ1n) is 9.92. The first-order chi connectivity index (χ1) is 15.4. The maximum absolute atomic E-state index is 12.7. The molecule has 0 aliphatic rings. The van der Waals surface area contributed by atoms with Crippen LogP contribution >= 0.6 is 27.5 Å². The van der Waals surface area contributed by atoms with Crippen LogP contribution < -0.4 is 5.32 Å². The van der Waals surface area contributed by atoms with Crippen molar-refractivity contribution in [3.63, 3.8) is 0 Å². The molecule has 10 heteroatoms. The molecule has 0 saturated carbocycles. The van der Waals surface area contributed by atoms with Crippen LogP contribution in [0.15, 0.2) is 76.2 Å². The van der Waals surface area contributed by atoms with Crippen LogP contribution in [-0.4, -0.2) is 47.5 Å². The van der Waals surface area contributed by atoms with Gasteiger partial charge in [-0.25, -0.2) is 17.7 Å². The zero-order valence-corrected chi connectivity index (χ0v) is 20.4. The second-order valence-corrected chi connectivity index (χ2v) is 10.5. The molecule has 0 aliphatic carbocycles. The molecule has 0 atom stereocenters. The van der Waals surface area contributed by atoms with E-state index < -0.39 is 10.0 Å². The lowest BCUT2D eigenvalue weighted by atomic mass is 10.1. The topological polar surface area (TPSA) is 79.6 Å². The van der Waals surface area contributed by atoms with E-state index in [0.717, 1.165) is 21.5 Å². The monoisotopic (exact) mass is 533 g/mol. The Hall–Kier alpha value is -2.46. The van der Waals surface area contributed by atoms with Gasteiger partial charge in [-0.15, -0.1) is 0 Å². The number of anilines is 1. The van der Waals surface area contributed by atoms with Gasteiger partial charge >= 0.3 is 0 Å². The second kappa shape index (κ2) is 9.58. The number of hydrogen-bond acceptors (Lipinski definition) is 5. The number of hydrogen-bond donors (Lipinski definition) is 1. The molecule has 1 N–H and O–H groups in total. The molecule has 2 aromatic heterocycles. The van der Waals surface area contributed by atoms with Crippen molar-refractivity contribution in [2.75, 3.05) is 25.5 Å². The van der Waals surface area contributed by atoms with Crippen molar-refractivity contribution in [2.24, 2.45) is 0 Å².